The molecule has 0 heterocycles. The van der Waals surface area contributed by atoms with E-state index in [0.717, 1.165) is 25.7 Å². The highest BCUT2D eigenvalue weighted by Gasteiger charge is 2.55. The summed E-state index contributed by atoms with van der Waals surface area (Å²) in [5, 5.41) is 0. The lowest BCUT2D eigenvalue weighted by Crippen LogP contribution is -2.60. The molecule has 128 valence electrons. The van der Waals surface area contributed by atoms with Gasteiger partial charge >= 0.3 is 0 Å². The van der Waals surface area contributed by atoms with E-state index in [2.05, 4.69) is 14.2 Å². The molecule has 1 saturated carbocycles. The average molecular weight is 310 g/mol. The van der Waals surface area contributed by atoms with Crippen molar-refractivity contribution < 1.29 is 33.2 Å². The molecule has 0 saturated heterocycles. The fraction of sp³-hybridized carbons (Fsp3) is 1.00. The third-order valence-corrected chi connectivity index (χ3v) is 3.74. The zero-order valence-electron chi connectivity index (χ0n) is 14.3. The van der Waals surface area contributed by atoms with Gasteiger partial charge in [-0.15, -0.1) is 0 Å². The Hall–Kier alpha value is -0.280. The summed E-state index contributed by atoms with van der Waals surface area (Å²) < 4.78 is 35.6. The quantitative estimate of drug-likeness (QED) is 0.664. The van der Waals surface area contributed by atoms with Crippen molar-refractivity contribution >= 4 is 0 Å². The monoisotopic (exact) mass is 310 g/mol. The molecule has 7 heteroatoms. The molecule has 0 bridgehead atoms. The molecule has 0 unspecified atom stereocenters. The molecule has 0 atom stereocenters. The Balaban J connectivity index is 0.000000486. The largest absolute Gasteiger partial charge is 0.349 e. The maximum absolute atomic E-state index is 5.45. The Morgan fingerprint density at radius 2 is 0.857 bits per heavy atom. The van der Waals surface area contributed by atoms with E-state index < -0.39 is 18.1 Å². The standard InChI is InChI=1S/C10H20O4.C4H10O3/c1-11-9(12-2)7-5-6-8-10(9,13-3)14-4;1-5-4(6-2)7-3/h5-8H2,1-4H3;4H,1-3H3. The summed E-state index contributed by atoms with van der Waals surface area (Å²) in [4.78, 5) is 0. The maximum atomic E-state index is 5.45. The zero-order valence-corrected chi connectivity index (χ0v) is 14.3. The van der Waals surface area contributed by atoms with Gasteiger partial charge in [0, 0.05) is 62.6 Å². The topological polar surface area (TPSA) is 64.6 Å². The first-order chi connectivity index (χ1) is 10.0. The molecule has 0 aromatic rings. The molecule has 0 amide bonds. The fourth-order valence-corrected chi connectivity index (χ4v) is 2.58. The van der Waals surface area contributed by atoms with Crippen LogP contribution in [0.15, 0.2) is 0 Å². The lowest BCUT2D eigenvalue weighted by molar-refractivity contribution is -0.399. The van der Waals surface area contributed by atoms with Crippen molar-refractivity contribution in [3.8, 4) is 0 Å². The number of hydrogen-bond acceptors (Lipinski definition) is 7. The molecule has 0 aliphatic heterocycles. The van der Waals surface area contributed by atoms with Gasteiger partial charge in [0.15, 0.2) is 0 Å². The Morgan fingerprint density at radius 1 is 0.571 bits per heavy atom. The first-order valence-electron chi connectivity index (χ1n) is 6.84. The second-order valence-electron chi connectivity index (χ2n) is 4.53. The van der Waals surface area contributed by atoms with Crippen molar-refractivity contribution in [3.63, 3.8) is 0 Å². The van der Waals surface area contributed by atoms with E-state index in [9.17, 15) is 0 Å². The number of rotatable bonds is 7. The van der Waals surface area contributed by atoms with Gasteiger partial charge in [-0.1, -0.05) is 0 Å². The molecular weight excluding hydrogens is 280 g/mol. The number of hydrogen-bond donors (Lipinski definition) is 0. The Bertz CT molecular complexity index is 222. The molecule has 1 aliphatic carbocycles. The molecule has 1 aliphatic rings. The summed E-state index contributed by atoms with van der Waals surface area (Å²) >= 11 is 0. The average Bonchev–Trinajstić information content (AvgIpc) is 2.56. The minimum absolute atomic E-state index is 0.514. The summed E-state index contributed by atoms with van der Waals surface area (Å²) in [7, 11) is 11.0. The van der Waals surface area contributed by atoms with Gasteiger partial charge in [-0.2, -0.15) is 0 Å². The van der Waals surface area contributed by atoms with Crippen LogP contribution in [0.4, 0.5) is 0 Å². The van der Waals surface area contributed by atoms with Crippen LogP contribution < -0.4 is 0 Å². The highest BCUT2D eigenvalue weighted by atomic mass is 16.8. The lowest BCUT2D eigenvalue weighted by atomic mass is 9.87. The zero-order chi connectivity index (χ0) is 16.4. The maximum Gasteiger partial charge on any atom is 0.270 e. The van der Waals surface area contributed by atoms with Gasteiger partial charge in [0.05, 0.1) is 0 Å². The minimum atomic E-state index is -0.769. The predicted octanol–water partition coefficient (Wildman–Crippen LogP) is 1.75. The van der Waals surface area contributed by atoms with Crippen LogP contribution in [0.5, 0.6) is 0 Å². The molecule has 1 fully saturated rings. The van der Waals surface area contributed by atoms with Gasteiger partial charge in [0.2, 0.25) is 11.6 Å². The van der Waals surface area contributed by atoms with E-state index in [0.29, 0.717) is 0 Å². The van der Waals surface area contributed by atoms with Crippen LogP contribution in [0.1, 0.15) is 25.7 Å². The summed E-state index contributed by atoms with van der Waals surface area (Å²) in [6.45, 7) is -0.514. The van der Waals surface area contributed by atoms with Crippen molar-refractivity contribution in [2.24, 2.45) is 0 Å². The normalized spacial score (nSPS) is 20.0. The van der Waals surface area contributed by atoms with E-state index in [4.69, 9.17) is 18.9 Å². The Morgan fingerprint density at radius 3 is 1.00 bits per heavy atom. The van der Waals surface area contributed by atoms with Crippen molar-refractivity contribution in [2.45, 2.75) is 43.7 Å². The first-order valence-corrected chi connectivity index (χ1v) is 6.84. The molecule has 0 radical (unpaired) electrons. The van der Waals surface area contributed by atoms with Crippen molar-refractivity contribution in [1.29, 1.82) is 0 Å². The van der Waals surface area contributed by atoms with Gasteiger partial charge < -0.3 is 33.2 Å². The van der Waals surface area contributed by atoms with Gasteiger partial charge in [-0.05, 0) is 12.8 Å². The minimum Gasteiger partial charge on any atom is -0.349 e. The molecule has 0 N–H and O–H groups in total. The third kappa shape index (κ3) is 4.85. The molecular formula is C14H30O7. The predicted molar refractivity (Wildman–Crippen MR) is 76.8 cm³/mol. The van der Waals surface area contributed by atoms with Gasteiger partial charge in [-0.3, -0.25) is 0 Å². The highest BCUT2D eigenvalue weighted by Crippen LogP contribution is 2.43. The van der Waals surface area contributed by atoms with Crippen LogP contribution >= 0.6 is 0 Å². The first kappa shape index (κ1) is 20.7. The summed E-state index contributed by atoms with van der Waals surface area (Å²) in [5.74, 6) is -1.54. The molecule has 0 spiro atoms. The van der Waals surface area contributed by atoms with Crippen molar-refractivity contribution in [2.75, 3.05) is 49.8 Å². The fourth-order valence-electron chi connectivity index (χ4n) is 2.58. The summed E-state index contributed by atoms with van der Waals surface area (Å²) in [6, 6.07) is 0. The van der Waals surface area contributed by atoms with E-state index in [-0.39, 0.29) is 0 Å². The van der Waals surface area contributed by atoms with Crippen LogP contribution in [0.25, 0.3) is 0 Å². The van der Waals surface area contributed by atoms with Crippen LogP contribution in [0.3, 0.4) is 0 Å². The smallest absolute Gasteiger partial charge is 0.270 e. The molecule has 0 aromatic carbocycles. The summed E-state index contributed by atoms with van der Waals surface area (Å²) in [6.07, 6.45) is 3.72. The third-order valence-electron chi connectivity index (χ3n) is 3.74. The van der Waals surface area contributed by atoms with Gasteiger partial charge in [0.1, 0.15) is 0 Å². The highest BCUT2D eigenvalue weighted by molar-refractivity contribution is 4.92. The molecule has 21 heavy (non-hydrogen) atoms. The van der Waals surface area contributed by atoms with E-state index in [1.165, 1.54) is 21.3 Å². The Kier molecular flexibility index (Phi) is 10.3. The SMILES string of the molecule is COC(OC)OC.COC1(OC)CCCCC1(OC)OC. The second kappa shape index (κ2) is 10.4. The number of ether oxygens (including phenoxy) is 7. The van der Waals surface area contributed by atoms with Crippen molar-refractivity contribution in [3.05, 3.63) is 0 Å². The van der Waals surface area contributed by atoms with Gasteiger partial charge in [0.25, 0.3) is 6.48 Å². The number of methoxy groups -OCH3 is 7. The summed E-state index contributed by atoms with van der Waals surface area (Å²) in [5.41, 5.74) is 0. The van der Waals surface area contributed by atoms with Crippen LogP contribution in [0, 0.1) is 0 Å². The van der Waals surface area contributed by atoms with E-state index in [1.54, 1.807) is 28.4 Å². The molecule has 1 rings (SSSR count). The van der Waals surface area contributed by atoms with E-state index >= 15 is 0 Å². The molecule has 7 nitrogen and oxygen atoms in total. The van der Waals surface area contributed by atoms with Crippen LogP contribution in [-0.2, 0) is 33.2 Å². The Labute approximate surface area is 127 Å². The molecule has 0 aromatic heterocycles. The van der Waals surface area contributed by atoms with Crippen LogP contribution in [-0.4, -0.2) is 67.8 Å². The lowest BCUT2D eigenvalue weighted by Gasteiger charge is -2.48. The van der Waals surface area contributed by atoms with Crippen LogP contribution in [0.2, 0.25) is 0 Å². The van der Waals surface area contributed by atoms with Crippen molar-refractivity contribution in [1.82, 2.24) is 0 Å². The van der Waals surface area contributed by atoms with Gasteiger partial charge in [-0.25, -0.2) is 0 Å². The second-order valence-corrected chi connectivity index (χ2v) is 4.53. The van der Waals surface area contributed by atoms with E-state index in [1.807, 2.05) is 0 Å².